The second kappa shape index (κ2) is 4.05. The van der Waals surface area contributed by atoms with Crippen molar-refractivity contribution in [2.24, 2.45) is 0 Å². The number of carbonyl (C=O) groups is 1. The molecule has 0 bridgehead atoms. The van der Waals surface area contributed by atoms with Gasteiger partial charge in [-0.25, -0.2) is 0 Å². The van der Waals surface area contributed by atoms with Crippen LogP contribution in [0.15, 0.2) is 24.3 Å². The summed E-state index contributed by atoms with van der Waals surface area (Å²) >= 11 is 0. The van der Waals surface area contributed by atoms with E-state index in [1.54, 1.807) is 0 Å². The molecule has 1 aromatic rings. The van der Waals surface area contributed by atoms with Gasteiger partial charge in [0, 0.05) is 18.7 Å². The molecule has 2 nitrogen and oxygen atoms in total. The van der Waals surface area contributed by atoms with Crippen molar-refractivity contribution in [2.45, 2.75) is 32.6 Å². The molecule has 2 rings (SSSR count). The molecule has 1 heterocycles. The highest BCUT2D eigenvalue weighted by molar-refractivity contribution is 5.95. The number of rotatable bonds is 2. The highest BCUT2D eigenvalue weighted by Crippen LogP contribution is 2.23. The van der Waals surface area contributed by atoms with Gasteiger partial charge in [-0.2, -0.15) is 0 Å². The first-order valence-corrected chi connectivity index (χ1v) is 5.59. The molecular weight excluding hydrogens is 186 g/mol. The van der Waals surface area contributed by atoms with Crippen LogP contribution in [0.4, 0.5) is 5.69 Å². The Morgan fingerprint density at radius 2 is 1.87 bits per heavy atom. The Morgan fingerprint density at radius 1 is 1.20 bits per heavy atom. The Kier molecular flexibility index (Phi) is 2.76. The molecule has 2 heteroatoms. The molecule has 80 valence electrons. The van der Waals surface area contributed by atoms with Crippen molar-refractivity contribution >= 4 is 11.6 Å². The number of hydrogen-bond donors (Lipinski definition) is 0. The van der Waals surface area contributed by atoms with Crippen LogP contribution in [0, 0.1) is 0 Å². The van der Waals surface area contributed by atoms with Crippen LogP contribution in [0.25, 0.3) is 0 Å². The second-order valence-electron chi connectivity index (χ2n) is 4.40. The summed E-state index contributed by atoms with van der Waals surface area (Å²) in [5.74, 6) is 0.806. The number of anilines is 1. The average Bonchev–Trinajstić information content (AvgIpc) is 2.65. The van der Waals surface area contributed by atoms with Crippen molar-refractivity contribution in [1.29, 1.82) is 0 Å². The summed E-state index contributed by atoms with van der Waals surface area (Å²) in [6.07, 6.45) is 1.69. The molecule has 1 saturated heterocycles. The fourth-order valence-corrected chi connectivity index (χ4v) is 1.96. The van der Waals surface area contributed by atoms with E-state index in [1.807, 2.05) is 4.90 Å². The molecule has 0 N–H and O–H groups in total. The fourth-order valence-electron chi connectivity index (χ4n) is 1.96. The van der Waals surface area contributed by atoms with Crippen molar-refractivity contribution in [3.05, 3.63) is 29.8 Å². The molecule has 1 aliphatic heterocycles. The van der Waals surface area contributed by atoms with Crippen LogP contribution >= 0.6 is 0 Å². The lowest BCUT2D eigenvalue weighted by Crippen LogP contribution is -2.23. The van der Waals surface area contributed by atoms with E-state index in [-0.39, 0.29) is 5.91 Å². The molecule has 1 aliphatic rings. The number of nitrogens with zero attached hydrogens (tertiary/aromatic N) is 1. The third kappa shape index (κ3) is 2.04. The lowest BCUT2D eigenvalue weighted by atomic mass is 10.0. The van der Waals surface area contributed by atoms with Crippen LogP contribution in [-0.2, 0) is 4.79 Å². The van der Waals surface area contributed by atoms with Crippen molar-refractivity contribution in [3.8, 4) is 0 Å². The highest BCUT2D eigenvalue weighted by Gasteiger charge is 2.21. The fraction of sp³-hybridized carbons (Fsp3) is 0.462. The van der Waals surface area contributed by atoms with Gasteiger partial charge < -0.3 is 4.90 Å². The van der Waals surface area contributed by atoms with Crippen LogP contribution in [0.1, 0.15) is 38.2 Å². The zero-order valence-electron chi connectivity index (χ0n) is 9.36. The number of amides is 1. The van der Waals surface area contributed by atoms with E-state index in [2.05, 4.69) is 38.1 Å². The first kappa shape index (κ1) is 10.2. The quantitative estimate of drug-likeness (QED) is 0.723. The first-order chi connectivity index (χ1) is 7.18. The predicted octanol–water partition coefficient (Wildman–Crippen LogP) is 2.94. The molecule has 0 atom stereocenters. The molecule has 1 amide bonds. The largest absolute Gasteiger partial charge is 0.312 e. The molecular formula is C13H17NO. The Balaban J connectivity index is 2.19. The van der Waals surface area contributed by atoms with Gasteiger partial charge in [0.25, 0.3) is 0 Å². The van der Waals surface area contributed by atoms with Crippen LogP contribution in [0.5, 0.6) is 0 Å². The van der Waals surface area contributed by atoms with Gasteiger partial charge in [-0.3, -0.25) is 4.79 Å². The van der Waals surface area contributed by atoms with Crippen molar-refractivity contribution in [1.82, 2.24) is 0 Å². The zero-order chi connectivity index (χ0) is 10.8. The number of carbonyl (C=O) groups excluding carboxylic acids is 1. The van der Waals surface area contributed by atoms with Gasteiger partial charge in [-0.05, 0) is 30.0 Å². The third-order valence-electron chi connectivity index (χ3n) is 2.94. The molecule has 15 heavy (non-hydrogen) atoms. The Hall–Kier alpha value is -1.31. The minimum Gasteiger partial charge on any atom is -0.312 e. The van der Waals surface area contributed by atoms with Crippen molar-refractivity contribution in [3.63, 3.8) is 0 Å². The van der Waals surface area contributed by atoms with Crippen molar-refractivity contribution in [2.75, 3.05) is 11.4 Å². The van der Waals surface area contributed by atoms with Gasteiger partial charge in [-0.1, -0.05) is 26.0 Å². The minimum atomic E-state index is 0.257. The normalized spacial score (nSPS) is 16.5. The van der Waals surface area contributed by atoms with E-state index in [4.69, 9.17) is 0 Å². The van der Waals surface area contributed by atoms with E-state index in [0.717, 1.165) is 18.7 Å². The van der Waals surface area contributed by atoms with E-state index >= 15 is 0 Å². The summed E-state index contributed by atoms with van der Waals surface area (Å²) in [7, 11) is 0. The molecule has 0 unspecified atom stereocenters. The smallest absolute Gasteiger partial charge is 0.227 e. The molecule has 0 saturated carbocycles. The van der Waals surface area contributed by atoms with E-state index in [0.29, 0.717) is 12.3 Å². The van der Waals surface area contributed by atoms with Crippen LogP contribution in [-0.4, -0.2) is 12.5 Å². The Morgan fingerprint density at radius 3 is 2.33 bits per heavy atom. The maximum Gasteiger partial charge on any atom is 0.227 e. The van der Waals surface area contributed by atoms with Crippen LogP contribution in [0.2, 0.25) is 0 Å². The number of hydrogen-bond acceptors (Lipinski definition) is 1. The van der Waals surface area contributed by atoms with Gasteiger partial charge in [-0.15, -0.1) is 0 Å². The number of benzene rings is 1. The molecule has 0 radical (unpaired) electrons. The van der Waals surface area contributed by atoms with E-state index in [1.165, 1.54) is 5.56 Å². The topological polar surface area (TPSA) is 20.3 Å². The van der Waals surface area contributed by atoms with Gasteiger partial charge in [0.1, 0.15) is 0 Å². The molecule has 0 spiro atoms. The minimum absolute atomic E-state index is 0.257. The zero-order valence-corrected chi connectivity index (χ0v) is 9.36. The molecule has 0 aromatic heterocycles. The van der Waals surface area contributed by atoms with Crippen molar-refractivity contribution < 1.29 is 4.79 Å². The standard InChI is InChI=1S/C13H17NO/c1-10(2)11-5-7-12(8-6-11)14-9-3-4-13(14)15/h5-8,10H,3-4,9H2,1-2H3. The second-order valence-corrected chi connectivity index (χ2v) is 4.40. The molecule has 0 aliphatic carbocycles. The molecule has 1 fully saturated rings. The van der Waals surface area contributed by atoms with Gasteiger partial charge in [0.15, 0.2) is 0 Å². The monoisotopic (exact) mass is 203 g/mol. The summed E-state index contributed by atoms with van der Waals surface area (Å²) in [5, 5.41) is 0. The SMILES string of the molecule is CC(C)c1ccc(N2CCCC2=O)cc1. The predicted molar refractivity (Wildman–Crippen MR) is 62.1 cm³/mol. The average molecular weight is 203 g/mol. The third-order valence-corrected chi connectivity index (χ3v) is 2.94. The van der Waals surface area contributed by atoms with Gasteiger partial charge in [0.05, 0.1) is 0 Å². The summed E-state index contributed by atoms with van der Waals surface area (Å²) < 4.78 is 0. The maximum atomic E-state index is 11.5. The van der Waals surface area contributed by atoms with Gasteiger partial charge in [0.2, 0.25) is 5.91 Å². The summed E-state index contributed by atoms with van der Waals surface area (Å²) in [5.41, 5.74) is 2.37. The van der Waals surface area contributed by atoms with Gasteiger partial charge >= 0.3 is 0 Å². The highest BCUT2D eigenvalue weighted by atomic mass is 16.2. The summed E-state index contributed by atoms with van der Waals surface area (Å²) in [6, 6.07) is 8.34. The maximum absolute atomic E-state index is 11.5. The van der Waals surface area contributed by atoms with Crippen LogP contribution in [0.3, 0.4) is 0 Å². The summed E-state index contributed by atoms with van der Waals surface area (Å²) in [6.45, 7) is 5.23. The lowest BCUT2D eigenvalue weighted by Gasteiger charge is -2.16. The Labute approximate surface area is 90.9 Å². The Bertz CT molecular complexity index is 353. The lowest BCUT2D eigenvalue weighted by molar-refractivity contribution is -0.117. The first-order valence-electron chi connectivity index (χ1n) is 5.59. The summed E-state index contributed by atoms with van der Waals surface area (Å²) in [4.78, 5) is 13.4. The van der Waals surface area contributed by atoms with E-state index < -0.39 is 0 Å². The van der Waals surface area contributed by atoms with Crippen LogP contribution < -0.4 is 4.90 Å². The van der Waals surface area contributed by atoms with E-state index in [9.17, 15) is 4.79 Å². The molecule has 1 aromatic carbocycles.